The van der Waals surface area contributed by atoms with Crippen molar-refractivity contribution < 1.29 is 29.2 Å². The van der Waals surface area contributed by atoms with Crippen LogP contribution in [0.25, 0.3) is 0 Å². The van der Waals surface area contributed by atoms with Crippen molar-refractivity contribution in [1.29, 1.82) is 0 Å². The molecule has 1 aromatic carbocycles. The average molecular weight is 359 g/mol. The highest BCUT2D eigenvalue weighted by Crippen LogP contribution is 2.23. The summed E-state index contributed by atoms with van der Waals surface area (Å²) in [6.07, 6.45) is -0.765. The number of carbonyl (C=O) groups excluding carboxylic acids is 3. The summed E-state index contributed by atoms with van der Waals surface area (Å²) >= 11 is 5.37. The number of esters is 1. The van der Waals surface area contributed by atoms with Gasteiger partial charge in [-0.25, -0.2) is 4.79 Å². The maximum atomic E-state index is 12.0. The van der Waals surface area contributed by atoms with E-state index in [9.17, 15) is 29.6 Å². The molecule has 0 fully saturated rings. The molecule has 0 saturated heterocycles. The Morgan fingerprint density at radius 1 is 1.42 bits per heavy atom. The lowest BCUT2D eigenvalue weighted by Crippen LogP contribution is -2.43. The van der Waals surface area contributed by atoms with Crippen LogP contribution in [0.2, 0.25) is 0 Å². The second kappa shape index (κ2) is 8.82. The summed E-state index contributed by atoms with van der Waals surface area (Å²) < 4.78 is 4.50. The molecule has 1 amide bonds. The molecule has 0 radical (unpaired) electrons. The molecule has 24 heavy (non-hydrogen) atoms. The summed E-state index contributed by atoms with van der Waals surface area (Å²) in [5, 5.41) is 22.7. The topological polar surface area (TPSA) is 136 Å². The fraction of sp³-hybridized carbons (Fsp3) is 0.357. The van der Waals surface area contributed by atoms with Crippen LogP contribution in [0.4, 0.5) is 5.69 Å². The SMILES string of the molecule is COC(=O)C(CC(=O)CCl)NC(=O)Cc1cc([N+](=O)[O-])ccc1O. The van der Waals surface area contributed by atoms with Crippen LogP contribution in [0.1, 0.15) is 12.0 Å². The predicted molar refractivity (Wildman–Crippen MR) is 82.8 cm³/mol. The van der Waals surface area contributed by atoms with Crippen molar-refractivity contribution in [3.05, 3.63) is 33.9 Å². The molecule has 0 aromatic heterocycles. The fourth-order valence-corrected chi connectivity index (χ4v) is 1.97. The Labute approximate surface area is 141 Å². The summed E-state index contributed by atoms with van der Waals surface area (Å²) in [4.78, 5) is 45.0. The standard InChI is InChI=1S/C14H15ClN2O7/c1-24-14(21)11(6-10(18)7-15)16-13(20)5-8-4-9(17(22)23)2-3-12(8)19/h2-4,11,19H,5-7H2,1H3,(H,16,20). The minimum atomic E-state index is -1.23. The van der Waals surface area contributed by atoms with E-state index in [0.29, 0.717) is 0 Å². The van der Waals surface area contributed by atoms with Gasteiger partial charge in [-0.2, -0.15) is 0 Å². The highest BCUT2D eigenvalue weighted by Gasteiger charge is 2.25. The van der Waals surface area contributed by atoms with Gasteiger partial charge in [0, 0.05) is 24.1 Å². The first kappa shape index (κ1) is 19.4. The Balaban J connectivity index is 2.85. The lowest BCUT2D eigenvalue weighted by molar-refractivity contribution is -0.384. The molecule has 9 nitrogen and oxygen atoms in total. The number of hydrogen-bond donors (Lipinski definition) is 2. The normalized spacial score (nSPS) is 11.4. The van der Waals surface area contributed by atoms with Gasteiger partial charge in [0.15, 0.2) is 0 Å². The molecular weight excluding hydrogens is 344 g/mol. The van der Waals surface area contributed by atoms with Crippen LogP contribution < -0.4 is 5.32 Å². The number of amides is 1. The molecular formula is C14H15ClN2O7. The molecule has 0 saturated carbocycles. The zero-order valence-corrected chi connectivity index (χ0v) is 13.4. The summed E-state index contributed by atoms with van der Waals surface area (Å²) in [6, 6.07) is 2.00. The number of nitrogens with one attached hydrogen (secondary N) is 1. The number of Topliss-reactive ketones (excluding diaryl/α,β-unsaturated/α-hetero) is 1. The van der Waals surface area contributed by atoms with Gasteiger partial charge >= 0.3 is 5.97 Å². The number of phenols is 1. The van der Waals surface area contributed by atoms with E-state index in [2.05, 4.69) is 10.1 Å². The smallest absolute Gasteiger partial charge is 0.328 e. The number of halogens is 1. The second-order valence-corrected chi connectivity index (χ2v) is 5.03. The summed E-state index contributed by atoms with van der Waals surface area (Å²) in [5.41, 5.74) is -0.286. The van der Waals surface area contributed by atoms with Gasteiger partial charge in [0.2, 0.25) is 5.91 Å². The Morgan fingerprint density at radius 3 is 2.62 bits per heavy atom. The minimum Gasteiger partial charge on any atom is -0.508 e. The molecule has 130 valence electrons. The molecule has 2 N–H and O–H groups in total. The van der Waals surface area contributed by atoms with E-state index in [1.54, 1.807) is 0 Å². The van der Waals surface area contributed by atoms with E-state index in [-0.39, 0.29) is 29.3 Å². The third-order valence-electron chi connectivity index (χ3n) is 3.03. The zero-order valence-electron chi connectivity index (χ0n) is 12.7. The van der Waals surface area contributed by atoms with Crippen molar-refractivity contribution in [2.45, 2.75) is 18.9 Å². The first-order valence-electron chi connectivity index (χ1n) is 6.69. The van der Waals surface area contributed by atoms with E-state index in [1.807, 2.05) is 0 Å². The highest BCUT2D eigenvalue weighted by molar-refractivity contribution is 6.27. The number of aromatic hydroxyl groups is 1. The van der Waals surface area contributed by atoms with Gasteiger partial charge in [0.05, 0.1) is 24.3 Å². The van der Waals surface area contributed by atoms with Crippen LogP contribution in [-0.2, 0) is 25.5 Å². The molecule has 10 heteroatoms. The van der Waals surface area contributed by atoms with Gasteiger partial charge in [-0.1, -0.05) is 0 Å². The number of non-ortho nitro benzene ring substituents is 1. The monoisotopic (exact) mass is 358 g/mol. The van der Waals surface area contributed by atoms with E-state index in [0.717, 1.165) is 25.3 Å². The van der Waals surface area contributed by atoms with E-state index < -0.39 is 35.0 Å². The number of ether oxygens (including phenoxy) is 1. The Bertz CT molecular complexity index is 663. The maximum absolute atomic E-state index is 12.0. The number of ketones is 1. The molecule has 1 unspecified atom stereocenters. The van der Waals surface area contributed by atoms with Crippen molar-refractivity contribution in [2.75, 3.05) is 13.0 Å². The van der Waals surface area contributed by atoms with Gasteiger partial charge in [-0.15, -0.1) is 11.6 Å². The first-order valence-corrected chi connectivity index (χ1v) is 7.23. The number of nitro groups is 1. The Kier molecular flexibility index (Phi) is 7.12. The number of benzene rings is 1. The van der Waals surface area contributed by atoms with E-state index >= 15 is 0 Å². The maximum Gasteiger partial charge on any atom is 0.328 e. The van der Waals surface area contributed by atoms with Gasteiger partial charge < -0.3 is 15.2 Å². The van der Waals surface area contributed by atoms with Crippen LogP contribution in [0.5, 0.6) is 5.75 Å². The van der Waals surface area contributed by atoms with Crippen molar-refractivity contribution in [3.63, 3.8) is 0 Å². The largest absolute Gasteiger partial charge is 0.508 e. The van der Waals surface area contributed by atoms with Crippen molar-refractivity contribution >= 4 is 34.9 Å². The van der Waals surface area contributed by atoms with E-state index in [1.165, 1.54) is 0 Å². The molecule has 0 aliphatic carbocycles. The number of carbonyl (C=O) groups is 3. The molecule has 0 aliphatic rings. The van der Waals surface area contributed by atoms with Crippen LogP contribution in [0.3, 0.4) is 0 Å². The van der Waals surface area contributed by atoms with Crippen LogP contribution in [0, 0.1) is 10.1 Å². The van der Waals surface area contributed by atoms with Crippen molar-refractivity contribution in [2.24, 2.45) is 0 Å². The number of hydrogen-bond acceptors (Lipinski definition) is 7. The molecule has 1 atom stereocenters. The van der Waals surface area contributed by atoms with Crippen LogP contribution in [0.15, 0.2) is 18.2 Å². The average Bonchev–Trinajstić information content (AvgIpc) is 2.54. The first-order chi connectivity index (χ1) is 11.3. The quantitative estimate of drug-likeness (QED) is 0.302. The van der Waals surface area contributed by atoms with Crippen molar-refractivity contribution in [3.8, 4) is 5.75 Å². The van der Waals surface area contributed by atoms with E-state index in [4.69, 9.17) is 11.6 Å². The molecule has 1 rings (SSSR count). The third-order valence-corrected chi connectivity index (χ3v) is 3.32. The number of phenolic OH excluding ortho intramolecular Hbond substituents is 1. The van der Waals surface area contributed by atoms with Crippen LogP contribution in [-0.4, -0.2) is 46.7 Å². The number of rotatable bonds is 8. The zero-order chi connectivity index (χ0) is 18.3. The second-order valence-electron chi connectivity index (χ2n) is 4.77. The van der Waals surface area contributed by atoms with Gasteiger partial charge in [0.25, 0.3) is 5.69 Å². The molecule has 0 aliphatic heterocycles. The number of nitro benzene ring substituents is 1. The molecule has 0 spiro atoms. The van der Waals surface area contributed by atoms with Crippen molar-refractivity contribution in [1.82, 2.24) is 5.32 Å². The summed E-state index contributed by atoms with van der Waals surface area (Å²) in [6.45, 7) is 0. The van der Waals surface area contributed by atoms with Gasteiger partial charge in [-0.3, -0.25) is 19.7 Å². The summed E-state index contributed by atoms with van der Waals surface area (Å²) in [5.74, 6) is -2.64. The molecule has 0 heterocycles. The lowest BCUT2D eigenvalue weighted by Gasteiger charge is -2.15. The molecule has 1 aromatic rings. The van der Waals surface area contributed by atoms with Gasteiger partial charge in [0.1, 0.15) is 17.6 Å². The predicted octanol–water partition coefficient (Wildman–Crippen LogP) is 0.699. The minimum absolute atomic E-state index is 0.00832. The molecule has 0 bridgehead atoms. The number of methoxy groups -OCH3 is 1. The number of nitrogens with zero attached hydrogens (tertiary/aromatic N) is 1. The summed E-state index contributed by atoms with van der Waals surface area (Å²) in [7, 11) is 1.10. The highest BCUT2D eigenvalue weighted by atomic mass is 35.5. The lowest BCUT2D eigenvalue weighted by atomic mass is 10.1. The Hall–Kier alpha value is -2.68. The fourth-order valence-electron chi connectivity index (χ4n) is 1.86. The van der Waals surface area contributed by atoms with Gasteiger partial charge in [-0.05, 0) is 6.07 Å². The number of alkyl halides is 1. The van der Waals surface area contributed by atoms with Crippen LogP contribution >= 0.6 is 11.6 Å². The Morgan fingerprint density at radius 2 is 2.08 bits per heavy atom. The third kappa shape index (κ3) is 5.51.